The Labute approximate surface area is 121 Å². The lowest BCUT2D eigenvalue weighted by Gasteiger charge is -2.17. The molecule has 0 spiro atoms. The number of nitrogens with zero attached hydrogens (tertiary/aromatic N) is 2. The van der Waals surface area contributed by atoms with Crippen LogP contribution < -0.4 is 5.32 Å². The summed E-state index contributed by atoms with van der Waals surface area (Å²) < 4.78 is 1.25. The van der Waals surface area contributed by atoms with E-state index in [4.69, 9.17) is 0 Å². The number of aromatic nitrogens is 2. The van der Waals surface area contributed by atoms with E-state index in [0.717, 1.165) is 17.1 Å². The van der Waals surface area contributed by atoms with Crippen molar-refractivity contribution in [2.24, 2.45) is 0 Å². The molecule has 4 heteroatoms. The zero-order chi connectivity index (χ0) is 13.1. The molecule has 2 aromatic rings. The van der Waals surface area contributed by atoms with Crippen molar-refractivity contribution < 1.29 is 0 Å². The molecule has 0 fully saturated rings. The molecule has 0 amide bonds. The Bertz CT molecular complexity index is 554. The molecule has 1 heterocycles. The van der Waals surface area contributed by atoms with Crippen LogP contribution in [0.1, 0.15) is 29.9 Å². The SMILES string of the molecule is Cc1cc(I)ccc1NC(C)c1nccnc1C. The van der Waals surface area contributed by atoms with E-state index >= 15 is 0 Å². The van der Waals surface area contributed by atoms with E-state index in [-0.39, 0.29) is 6.04 Å². The van der Waals surface area contributed by atoms with Gasteiger partial charge in [0.1, 0.15) is 0 Å². The highest BCUT2D eigenvalue weighted by atomic mass is 127. The Morgan fingerprint density at radius 2 is 1.89 bits per heavy atom. The number of anilines is 1. The molecule has 18 heavy (non-hydrogen) atoms. The number of halogens is 1. The topological polar surface area (TPSA) is 37.8 Å². The van der Waals surface area contributed by atoms with Crippen molar-refractivity contribution in [1.82, 2.24) is 9.97 Å². The van der Waals surface area contributed by atoms with Gasteiger partial charge in [0, 0.05) is 21.7 Å². The van der Waals surface area contributed by atoms with Crippen LogP contribution in [-0.2, 0) is 0 Å². The number of rotatable bonds is 3. The molecular weight excluding hydrogens is 337 g/mol. The van der Waals surface area contributed by atoms with Crippen LogP contribution in [0.2, 0.25) is 0 Å². The van der Waals surface area contributed by atoms with Gasteiger partial charge >= 0.3 is 0 Å². The second kappa shape index (κ2) is 5.65. The monoisotopic (exact) mass is 353 g/mol. The summed E-state index contributed by atoms with van der Waals surface area (Å²) in [6.07, 6.45) is 3.46. The zero-order valence-electron chi connectivity index (χ0n) is 10.7. The molecule has 0 aliphatic carbocycles. The molecule has 1 unspecified atom stereocenters. The third-order valence-electron chi connectivity index (χ3n) is 2.89. The van der Waals surface area contributed by atoms with Crippen molar-refractivity contribution >= 4 is 28.3 Å². The van der Waals surface area contributed by atoms with Crippen LogP contribution in [-0.4, -0.2) is 9.97 Å². The third kappa shape index (κ3) is 2.98. The van der Waals surface area contributed by atoms with E-state index < -0.39 is 0 Å². The van der Waals surface area contributed by atoms with Crippen molar-refractivity contribution in [3.63, 3.8) is 0 Å². The van der Waals surface area contributed by atoms with Gasteiger partial charge in [-0.2, -0.15) is 0 Å². The van der Waals surface area contributed by atoms with Crippen molar-refractivity contribution in [1.29, 1.82) is 0 Å². The Balaban J connectivity index is 2.21. The van der Waals surface area contributed by atoms with Gasteiger partial charge in [0.05, 0.1) is 17.4 Å². The highest BCUT2D eigenvalue weighted by Crippen LogP contribution is 2.23. The molecule has 1 N–H and O–H groups in total. The van der Waals surface area contributed by atoms with E-state index in [1.54, 1.807) is 12.4 Å². The molecule has 0 aliphatic heterocycles. The van der Waals surface area contributed by atoms with Crippen molar-refractivity contribution in [2.45, 2.75) is 26.8 Å². The van der Waals surface area contributed by atoms with Gasteiger partial charge in [-0.05, 0) is 67.1 Å². The van der Waals surface area contributed by atoms with Gasteiger partial charge in [-0.15, -0.1) is 0 Å². The maximum Gasteiger partial charge on any atom is 0.0835 e. The number of aryl methyl sites for hydroxylation is 2. The fraction of sp³-hybridized carbons (Fsp3) is 0.286. The molecule has 94 valence electrons. The van der Waals surface area contributed by atoms with E-state index in [1.165, 1.54) is 9.13 Å². The largest absolute Gasteiger partial charge is 0.377 e. The van der Waals surface area contributed by atoms with Crippen LogP contribution in [0.3, 0.4) is 0 Å². The first-order valence-corrected chi connectivity index (χ1v) is 6.96. The van der Waals surface area contributed by atoms with Crippen molar-refractivity contribution in [3.8, 4) is 0 Å². The molecule has 3 nitrogen and oxygen atoms in total. The molecule has 0 bridgehead atoms. The minimum atomic E-state index is 0.150. The van der Waals surface area contributed by atoms with Crippen molar-refractivity contribution in [3.05, 3.63) is 51.1 Å². The molecule has 0 aliphatic rings. The Hall–Kier alpha value is -1.17. The predicted octanol–water partition coefficient (Wildman–Crippen LogP) is 3.87. The van der Waals surface area contributed by atoms with Crippen LogP contribution in [0.5, 0.6) is 0 Å². The van der Waals surface area contributed by atoms with Gasteiger partial charge < -0.3 is 5.32 Å². The Morgan fingerprint density at radius 1 is 1.17 bits per heavy atom. The summed E-state index contributed by atoms with van der Waals surface area (Å²) in [5.74, 6) is 0. The lowest BCUT2D eigenvalue weighted by atomic mass is 10.1. The minimum Gasteiger partial charge on any atom is -0.377 e. The summed E-state index contributed by atoms with van der Waals surface area (Å²) >= 11 is 2.32. The first-order chi connectivity index (χ1) is 8.58. The van der Waals surface area contributed by atoms with Crippen LogP contribution in [0.25, 0.3) is 0 Å². The predicted molar refractivity (Wildman–Crippen MR) is 82.7 cm³/mol. The highest BCUT2D eigenvalue weighted by Gasteiger charge is 2.11. The second-order valence-corrected chi connectivity index (χ2v) is 5.60. The zero-order valence-corrected chi connectivity index (χ0v) is 12.9. The molecular formula is C14H16IN3. The lowest BCUT2D eigenvalue weighted by molar-refractivity contribution is 0.809. The highest BCUT2D eigenvalue weighted by molar-refractivity contribution is 14.1. The fourth-order valence-corrected chi connectivity index (χ4v) is 2.58. The first kappa shape index (κ1) is 13.3. The molecule has 2 rings (SSSR count). The summed E-state index contributed by atoms with van der Waals surface area (Å²) in [6.45, 7) is 6.20. The second-order valence-electron chi connectivity index (χ2n) is 4.35. The van der Waals surface area contributed by atoms with Gasteiger partial charge in [0.2, 0.25) is 0 Å². The van der Waals surface area contributed by atoms with E-state index in [1.807, 2.05) is 6.92 Å². The number of benzene rings is 1. The number of hydrogen-bond donors (Lipinski definition) is 1. The standard InChI is InChI=1S/C14H16IN3/c1-9-8-12(15)4-5-13(9)18-11(3)14-10(2)16-6-7-17-14/h4-8,11,18H,1-3H3. The quantitative estimate of drug-likeness (QED) is 0.852. The third-order valence-corrected chi connectivity index (χ3v) is 3.56. The molecule has 0 saturated heterocycles. The lowest BCUT2D eigenvalue weighted by Crippen LogP contribution is -2.11. The smallest absolute Gasteiger partial charge is 0.0835 e. The average Bonchev–Trinajstić information content (AvgIpc) is 2.33. The minimum absolute atomic E-state index is 0.150. The van der Waals surface area contributed by atoms with Gasteiger partial charge in [0.25, 0.3) is 0 Å². The van der Waals surface area contributed by atoms with Crippen LogP contribution in [0, 0.1) is 17.4 Å². The Morgan fingerprint density at radius 3 is 2.56 bits per heavy atom. The van der Waals surface area contributed by atoms with E-state index in [2.05, 4.69) is 69.9 Å². The number of hydrogen-bond acceptors (Lipinski definition) is 3. The molecule has 0 radical (unpaired) electrons. The van der Waals surface area contributed by atoms with E-state index in [9.17, 15) is 0 Å². The van der Waals surface area contributed by atoms with Crippen LogP contribution >= 0.6 is 22.6 Å². The fourth-order valence-electron chi connectivity index (χ4n) is 1.93. The summed E-state index contributed by atoms with van der Waals surface area (Å²) in [4.78, 5) is 8.67. The molecule has 0 saturated carbocycles. The maximum absolute atomic E-state index is 4.40. The van der Waals surface area contributed by atoms with Crippen LogP contribution in [0.15, 0.2) is 30.6 Å². The van der Waals surface area contributed by atoms with Gasteiger partial charge in [0.15, 0.2) is 0 Å². The van der Waals surface area contributed by atoms with Crippen molar-refractivity contribution in [2.75, 3.05) is 5.32 Å². The average molecular weight is 353 g/mol. The molecule has 1 aromatic carbocycles. The van der Waals surface area contributed by atoms with Gasteiger partial charge in [-0.3, -0.25) is 9.97 Å². The first-order valence-electron chi connectivity index (χ1n) is 5.88. The number of nitrogens with one attached hydrogen (secondary N) is 1. The summed E-state index contributed by atoms with van der Waals surface area (Å²) in [5, 5.41) is 3.49. The summed E-state index contributed by atoms with van der Waals surface area (Å²) in [7, 11) is 0. The molecule has 1 aromatic heterocycles. The van der Waals surface area contributed by atoms with Crippen LogP contribution in [0.4, 0.5) is 5.69 Å². The normalized spacial score (nSPS) is 12.2. The Kier molecular flexibility index (Phi) is 4.16. The van der Waals surface area contributed by atoms with Gasteiger partial charge in [-0.25, -0.2) is 0 Å². The summed E-state index contributed by atoms with van der Waals surface area (Å²) in [5.41, 5.74) is 4.36. The maximum atomic E-state index is 4.40. The molecule has 1 atom stereocenters. The summed E-state index contributed by atoms with van der Waals surface area (Å²) in [6, 6.07) is 6.53. The van der Waals surface area contributed by atoms with E-state index in [0.29, 0.717) is 0 Å². The van der Waals surface area contributed by atoms with Gasteiger partial charge in [-0.1, -0.05) is 0 Å².